The molecule has 3 aromatic rings. The second kappa shape index (κ2) is 9.90. The molecule has 2 amide bonds. The van der Waals surface area contributed by atoms with Crippen LogP contribution in [0.25, 0.3) is 17.2 Å². The topological polar surface area (TPSA) is 49.4 Å². The molecule has 1 N–H and O–H groups in total. The van der Waals surface area contributed by atoms with Gasteiger partial charge in [-0.15, -0.1) is 0 Å². The highest BCUT2D eigenvalue weighted by molar-refractivity contribution is 5.94. The molecule has 0 bridgehead atoms. The Morgan fingerprint density at radius 3 is 2.00 bits per heavy atom. The van der Waals surface area contributed by atoms with Crippen LogP contribution in [0.5, 0.6) is 0 Å². The lowest BCUT2D eigenvalue weighted by Gasteiger charge is -2.30. The predicted molar refractivity (Wildman–Crippen MR) is 125 cm³/mol. The lowest BCUT2D eigenvalue weighted by atomic mass is 9.95. The summed E-state index contributed by atoms with van der Waals surface area (Å²) >= 11 is 0. The Kier molecular flexibility index (Phi) is 6.58. The molecule has 4 nitrogen and oxygen atoms in total. The van der Waals surface area contributed by atoms with E-state index in [1.807, 2.05) is 83.8 Å². The minimum Gasteiger partial charge on any atom is -0.339 e. The Morgan fingerprint density at radius 1 is 0.774 bits per heavy atom. The molecular formula is C27H26N2O2. The quantitative estimate of drug-likeness (QED) is 0.585. The van der Waals surface area contributed by atoms with E-state index in [2.05, 4.69) is 17.4 Å². The van der Waals surface area contributed by atoms with Gasteiger partial charge in [-0.3, -0.25) is 9.59 Å². The molecule has 4 rings (SSSR count). The van der Waals surface area contributed by atoms with Gasteiger partial charge in [-0.05, 0) is 47.7 Å². The van der Waals surface area contributed by atoms with E-state index < -0.39 is 0 Å². The summed E-state index contributed by atoms with van der Waals surface area (Å²) in [7, 11) is 0. The number of piperidine rings is 1. The summed E-state index contributed by atoms with van der Waals surface area (Å²) in [5.74, 6) is -0.0467. The van der Waals surface area contributed by atoms with Gasteiger partial charge in [0.05, 0.1) is 0 Å². The fraction of sp³-hybridized carbons (Fsp3) is 0.185. The third kappa shape index (κ3) is 5.48. The molecule has 3 aromatic carbocycles. The van der Waals surface area contributed by atoms with Crippen molar-refractivity contribution >= 4 is 23.6 Å². The van der Waals surface area contributed by atoms with Gasteiger partial charge >= 0.3 is 0 Å². The monoisotopic (exact) mass is 410 g/mol. The van der Waals surface area contributed by atoms with Gasteiger partial charge in [-0.1, -0.05) is 72.8 Å². The molecule has 1 heterocycles. The second-order valence-corrected chi connectivity index (χ2v) is 7.78. The van der Waals surface area contributed by atoms with Gasteiger partial charge in [0.15, 0.2) is 0 Å². The molecule has 156 valence electrons. The van der Waals surface area contributed by atoms with Crippen molar-refractivity contribution in [3.63, 3.8) is 0 Å². The summed E-state index contributed by atoms with van der Waals surface area (Å²) in [5.41, 5.74) is 4.07. The minimum atomic E-state index is -0.0732. The number of nitrogens with one attached hydrogen (secondary N) is 1. The standard InChI is InChI=1S/C27H26N2O2/c30-26(16-11-21-7-3-1-4-8-21)29-19-17-24(18-20-29)27(31)28-25-14-12-23(13-15-25)22-9-5-2-6-10-22/h1-16,24H,17-20H2,(H,28,31)/b16-11+. The van der Waals surface area contributed by atoms with E-state index in [1.165, 1.54) is 0 Å². The summed E-state index contributed by atoms with van der Waals surface area (Å²) < 4.78 is 0. The van der Waals surface area contributed by atoms with Gasteiger partial charge in [0.25, 0.3) is 0 Å². The largest absolute Gasteiger partial charge is 0.339 e. The second-order valence-electron chi connectivity index (χ2n) is 7.78. The number of amides is 2. The first-order valence-electron chi connectivity index (χ1n) is 10.7. The molecule has 0 atom stereocenters. The van der Waals surface area contributed by atoms with E-state index in [9.17, 15) is 9.59 Å². The average Bonchev–Trinajstić information content (AvgIpc) is 2.84. The maximum Gasteiger partial charge on any atom is 0.246 e. The molecular weight excluding hydrogens is 384 g/mol. The third-order valence-electron chi connectivity index (χ3n) is 5.65. The number of nitrogens with zero attached hydrogens (tertiary/aromatic N) is 1. The van der Waals surface area contributed by atoms with E-state index in [0.29, 0.717) is 25.9 Å². The molecule has 31 heavy (non-hydrogen) atoms. The van der Waals surface area contributed by atoms with Crippen molar-refractivity contribution in [3.05, 3.63) is 96.6 Å². The number of rotatable bonds is 5. The number of carbonyl (C=O) groups is 2. The van der Waals surface area contributed by atoms with Crippen LogP contribution in [0.1, 0.15) is 18.4 Å². The van der Waals surface area contributed by atoms with E-state index in [1.54, 1.807) is 6.08 Å². The highest BCUT2D eigenvalue weighted by atomic mass is 16.2. The fourth-order valence-corrected chi connectivity index (χ4v) is 3.82. The Morgan fingerprint density at radius 2 is 1.35 bits per heavy atom. The summed E-state index contributed by atoms with van der Waals surface area (Å²) in [4.78, 5) is 26.9. The van der Waals surface area contributed by atoms with Crippen molar-refractivity contribution in [1.29, 1.82) is 0 Å². The Labute approximate surface area is 183 Å². The van der Waals surface area contributed by atoms with Crippen LogP contribution in [0.4, 0.5) is 5.69 Å². The smallest absolute Gasteiger partial charge is 0.246 e. The van der Waals surface area contributed by atoms with Crippen LogP contribution in [0.3, 0.4) is 0 Å². The van der Waals surface area contributed by atoms with Crippen molar-refractivity contribution < 1.29 is 9.59 Å². The van der Waals surface area contributed by atoms with Crippen LogP contribution in [-0.4, -0.2) is 29.8 Å². The summed E-state index contributed by atoms with van der Waals surface area (Å²) in [6, 6.07) is 27.8. The highest BCUT2D eigenvalue weighted by Crippen LogP contribution is 2.23. The van der Waals surface area contributed by atoms with Crippen molar-refractivity contribution in [3.8, 4) is 11.1 Å². The molecule has 0 unspecified atom stereocenters. The number of anilines is 1. The molecule has 0 aromatic heterocycles. The van der Waals surface area contributed by atoms with Crippen LogP contribution < -0.4 is 5.32 Å². The fourth-order valence-electron chi connectivity index (χ4n) is 3.82. The van der Waals surface area contributed by atoms with Crippen LogP contribution in [0.2, 0.25) is 0 Å². The number of likely N-dealkylation sites (tertiary alicyclic amines) is 1. The van der Waals surface area contributed by atoms with E-state index in [4.69, 9.17) is 0 Å². The molecule has 0 radical (unpaired) electrons. The maximum absolute atomic E-state index is 12.7. The molecule has 1 fully saturated rings. The molecule has 1 aliphatic rings. The molecule has 0 saturated carbocycles. The van der Waals surface area contributed by atoms with Gasteiger partial charge in [-0.2, -0.15) is 0 Å². The van der Waals surface area contributed by atoms with Crippen molar-refractivity contribution in [2.75, 3.05) is 18.4 Å². The van der Waals surface area contributed by atoms with Gasteiger partial charge < -0.3 is 10.2 Å². The molecule has 1 saturated heterocycles. The van der Waals surface area contributed by atoms with Crippen LogP contribution in [0.15, 0.2) is 91.0 Å². The van der Waals surface area contributed by atoms with Crippen molar-refractivity contribution in [1.82, 2.24) is 4.90 Å². The number of hydrogen-bond acceptors (Lipinski definition) is 2. The van der Waals surface area contributed by atoms with Gasteiger partial charge in [-0.25, -0.2) is 0 Å². The van der Waals surface area contributed by atoms with E-state index in [0.717, 1.165) is 22.4 Å². The molecule has 1 aliphatic heterocycles. The summed E-state index contributed by atoms with van der Waals surface area (Å²) in [5, 5.41) is 3.02. The van der Waals surface area contributed by atoms with Crippen LogP contribution in [-0.2, 0) is 9.59 Å². The van der Waals surface area contributed by atoms with E-state index >= 15 is 0 Å². The van der Waals surface area contributed by atoms with Crippen LogP contribution in [0, 0.1) is 5.92 Å². The van der Waals surface area contributed by atoms with Crippen molar-refractivity contribution in [2.24, 2.45) is 5.92 Å². The SMILES string of the molecule is O=C(Nc1ccc(-c2ccccc2)cc1)C1CCN(C(=O)/C=C/c2ccccc2)CC1. The zero-order chi connectivity index (χ0) is 21.5. The highest BCUT2D eigenvalue weighted by Gasteiger charge is 2.26. The summed E-state index contributed by atoms with van der Waals surface area (Å²) in [6.45, 7) is 1.20. The first-order chi connectivity index (χ1) is 15.2. The Hall–Kier alpha value is -3.66. The Balaban J connectivity index is 1.27. The molecule has 0 aliphatic carbocycles. The van der Waals surface area contributed by atoms with Crippen molar-refractivity contribution in [2.45, 2.75) is 12.8 Å². The average molecular weight is 411 g/mol. The first kappa shape index (κ1) is 20.6. The first-order valence-corrected chi connectivity index (χ1v) is 10.7. The third-order valence-corrected chi connectivity index (χ3v) is 5.65. The normalized spacial score (nSPS) is 14.5. The summed E-state index contributed by atoms with van der Waals surface area (Å²) in [6.07, 6.45) is 4.81. The van der Waals surface area contributed by atoms with Gasteiger partial charge in [0.1, 0.15) is 0 Å². The van der Waals surface area contributed by atoms with Gasteiger partial charge in [0.2, 0.25) is 11.8 Å². The van der Waals surface area contributed by atoms with Gasteiger partial charge in [0, 0.05) is 30.8 Å². The molecule has 4 heteroatoms. The minimum absolute atomic E-state index is 0.000730. The maximum atomic E-state index is 12.7. The zero-order valence-corrected chi connectivity index (χ0v) is 17.4. The number of benzene rings is 3. The number of hydrogen-bond donors (Lipinski definition) is 1. The lowest BCUT2D eigenvalue weighted by Crippen LogP contribution is -2.40. The Bertz CT molecular complexity index is 1040. The zero-order valence-electron chi connectivity index (χ0n) is 17.4. The number of carbonyl (C=O) groups excluding carboxylic acids is 2. The van der Waals surface area contributed by atoms with Crippen LogP contribution >= 0.6 is 0 Å². The lowest BCUT2D eigenvalue weighted by molar-refractivity contribution is -0.130. The molecule has 0 spiro atoms. The van der Waals surface area contributed by atoms with E-state index in [-0.39, 0.29) is 17.7 Å². The predicted octanol–water partition coefficient (Wildman–Crippen LogP) is 5.24.